The van der Waals surface area contributed by atoms with E-state index in [1.807, 2.05) is 0 Å². The van der Waals surface area contributed by atoms with Gasteiger partial charge in [0.25, 0.3) is 0 Å². The summed E-state index contributed by atoms with van der Waals surface area (Å²) in [7, 11) is 0. The van der Waals surface area contributed by atoms with Crippen LogP contribution in [0.15, 0.2) is 12.7 Å². The summed E-state index contributed by atoms with van der Waals surface area (Å²) in [5.74, 6) is 0.0818. The highest BCUT2D eigenvalue weighted by Gasteiger charge is 1.96. The van der Waals surface area contributed by atoms with Crippen molar-refractivity contribution < 1.29 is 4.79 Å². The molecule has 0 aliphatic carbocycles. The fourth-order valence-electron chi connectivity index (χ4n) is 0.704. The van der Waals surface area contributed by atoms with Crippen molar-refractivity contribution in [3.05, 3.63) is 12.7 Å². The molecule has 0 saturated carbocycles. The third-order valence-corrected chi connectivity index (χ3v) is 1.30. The Balaban J connectivity index is 3.15. The van der Waals surface area contributed by atoms with Gasteiger partial charge in [0, 0.05) is 13.0 Å². The van der Waals surface area contributed by atoms with Crippen LogP contribution in [0.25, 0.3) is 0 Å². The summed E-state index contributed by atoms with van der Waals surface area (Å²) < 4.78 is 0. The molecule has 11 heavy (non-hydrogen) atoms. The number of amides is 1. The van der Waals surface area contributed by atoms with Crippen molar-refractivity contribution >= 4 is 5.91 Å². The number of rotatable bonds is 6. The molecule has 0 fully saturated rings. The van der Waals surface area contributed by atoms with Crippen molar-refractivity contribution in [2.24, 2.45) is 5.73 Å². The molecule has 0 radical (unpaired) electrons. The lowest BCUT2D eigenvalue weighted by Crippen LogP contribution is -2.22. The van der Waals surface area contributed by atoms with Gasteiger partial charge in [-0.25, -0.2) is 0 Å². The Hall–Kier alpha value is -0.830. The van der Waals surface area contributed by atoms with Crippen molar-refractivity contribution in [1.29, 1.82) is 0 Å². The first kappa shape index (κ1) is 10.2. The van der Waals surface area contributed by atoms with Gasteiger partial charge in [-0.2, -0.15) is 0 Å². The summed E-state index contributed by atoms with van der Waals surface area (Å²) in [4.78, 5) is 10.9. The summed E-state index contributed by atoms with van der Waals surface area (Å²) in [6.07, 6.45) is 4.03. The minimum atomic E-state index is 0.0818. The lowest BCUT2D eigenvalue weighted by atomic mass is 10.2. The predicted molar refractivity (Wildman–Crippen MR) is 46.1 cm³/mol. The van der Waals surface area contributed by atoms with Gasteiger partial charge in [-0.05, 0) is 19.4 Å². The number of carbonyl (C=O) groups excluding carboxylic acids is 1. The van der Waals surface area contributed by atoms with Crippen molar-refractivity contribution in [3.8, 4) is 0 Å². The van der Waals surface area contributed by atoms with E-state index in [0.717, 1.165) is 12.8 Å². The first-order valence-electron chi connectivity index (χ1n) is 3.89. The molecular weight excluding hydrogens is 140 g/mol. The lowest BCUT2D eigenvalue weighted by Gasteiger charge is -2.00. The number of nitrogens with two attached hydrogens (primary N) is 1. The Kier molecular flexibility index (Phi) is 6.73. The van der Waals surface area contributed by atoms with Gasteiger partial charge in [-0.3, -0.25) is 4.79 Å². The molecule has 3 nitrogen and oxygen atoms in total. The minimum absolute atomic E-state index is 0.0818. The zero-order valence-electron chi connectivity index (χ0n) is 6.81. The molecule has 0 heterocycles. The van der Waals surface area contributed by atoms with Crippen molar-refractivity contribution in [1.82, 2.24) is 5.32 Å². The molecule has 0 aromatic heterocycles. The molecule has 0 saturated heterocycles. The summed E-state index contributed by atoms with van der Waals surface area (Å²) in [5.41, 5.74) is 5.27. The normalized spacial score (nSPS) is 9.18. The monoisotopic (exact) mass is 156 g/mol. The fourth-order valence-corrected chi connectivity index (χ4v) is 0.704. The Morgan fingerprint density at radius 2 is 2.27 bits per heavy atom. The van der Waals surface area contributed by atoms with Crippen LogP contribution in [0.2, 0.25) is 0 Å². The van der Waals surface area contributed by atoms with Crippen molar-refractivity contribution in [2.45, 2.75) is 19.3 Å². The third kappa shape index (κ3) is 7.06. The summed E-state index contributed by atoms with van der Waals surface area (Å²) in [6.45, 7) is 4.71. The largest absolute Gasteiger partial charge is 0.353 e. The lowest BCUT2D eigenvalue weighted by molar-refractivity contribution is -0.120. The average molecular weight is 156 g/mol. The summed E-state index contributed by atoms with van der Waals surface area (Å²) in [5, 5.41) is 2.69. The first-order chi connectivity index (χ1) is 5.31. The van der Waals surface area contributed by atoms with E-state index in [9.17, 15) is 4.79 Å². The Morgan fingerprint density at radius 3 is 2.82 bits per heavy atom. The fraction of sp³-hybridized carbons (Fsp3) is 0.625. The van der Waals surface area contributed by atoms with E-state index in [-0.39, 0.29) is 5.91 Å². The minimum Gasteiger partial charge on any atom is -0.353 e. The predicted octanol–water partition coefficient (Wildman–Crippen LogP) is 0.418. The second-order valence-corrected chi connectivity index (χ2v) is 2.34. The summed E-state index contributed by atoms with van der Waals surface area (Å²) >= 11 is 0. The van der Waals surface area contributed by atoms with Gasteiger partial charge in [0.1, 0.15) is 0 Å². The van der Waals surface area contributed by atoms with Crippen LogP contribution in [-0.2, 0) is 4.79 Å². The van der Waals surface area contributed by atoms with E-state index in [1.165, 1.54) is 0 Å². The van der Waals surface area contributed by atoms with Gasteiger partial charge in [0.05, 0.1) is 0 Å². The van der Waals surface area contributed by atoms with Crippen molar-refractivity contribution in [2.75, 3.05) is 13.1 Å². The van der Waals surface area contributed by atoms with E-state index in [4.69, 9.17) is 5.73 Å². The van der Waals surface area contributed by atoms with E-state index in [1.54, 1.807) is 6.08 Å². The van der Waals surface area contributed by atoms with Crippen LogP contribution in [0, 0.1) is 0 Å². The van der Waals surface area contributed by atoms with Crippen LogP contribution in [0.1, 0.15) is 19.3 Å². The summed E-state index contributed by atoms with van der Waals surface area (Å²) in [6, 6.07) is 0. The highest BCUT2D eigenvalue weighted by molar-refractivity contribution is 5.75. The second-order valence-electron chi connectivity index (χ2n) is 2.34. The van der Waals surface area contributed by atoms with Gasteiger partial charge in [-0.15, -0.1) is 6.58 Å². The molecule has 3 heteroatoms. The molecule has 3 N–H and O–H groups in total. The molecule has 64 valence electrons. The molecule has 0 atom stereocenters. The van der Waals surface area contributed by atoms with Gasteiger partial charge in [-0.1, -0.05) is 6.08 Å². The number of unbranched alkanes of at least 4 members (excludes halogenated alkanes) is 1. The molecule has 0 rings (SSSR count). The maximum atomic E-state index is 10.9. The number of hydrogen-bond acceptors (Lipinski definition) is 2. The highest BCUT2D eigenvalue weighted by atomic mass is 16.1. The molecule has 0 aliphatic heterocycles. The molecular formula is C8H16N2O. The molecule has 0 spiro atoms. The average Bonchev–Trinajstić information content (AvgIpc) is 2.01. The SMILES string of the molecule is C=CCNC(=O)CCCCN. The smallest absolute Gasteiger partial charge is 0.220 e. The van der Waals surface area contributed by atoms with Crippen molar-refractivity contribution in [3.63, 3.8) is 0 Å². The standard InChI is InChI=1S/C8H16N2O/c1-2-7-10-8(11)5-3-4-6-9/h2H,1,3-7,9H2,(H,10,11). The second kappa shape index (κ2) is 7.28. The van der Waals surface area contributed by atoms with E-state index < -0.39 is 0 Å². The molecule has 1 amide bonds. The van der Waals surface area contributed by atoms with Crippen LogP contribution >= 0.6 is 0 Å². The van der Waals surface area contributed by atoms with Crippen LogP contribution in [0.5, 0.6) is 0 Å². The van der Waals surface area contributed by atoms with Crippen LogP contribution in [-0.4, -0.2) is 19.0 Å². The van der Waals surface area contributed by atoms with Gasteiger partial charge in [0.15, 0.2) is 0 Å². The first-order valence-corrected chi connectivity index (χ1v) is 3.89. The number of carbonyl (C=O) groups is 1. The molecule has 0 unspecified atom stereocenters. The van der Waals surface area contributed by atoms with Crippen LogP contribution in [0.3, 0.4) is 0 Å². The van der Waals surface area contributed by atoms with Gasteiger partial charge < -0.3 is 11.1 Å². The van der Waals surface area contributed by atoms with Crippen LogP contribution < -0.4 is 11.1 Å². The Bertz CT molecular complexity index is 123. The number of nitrogens with one attached hydrogen (secondary N) is 1. The zero-order valence-corrected chi connectivity index (χ0v) is 6.81. The van der Waals surface area contributed by atoms with Gasteiger partial charge >= 0.3 is 0 Å². The molecule has 0 aromatic rings. The third-order valence-electron chi connectivity index (χ3n) is 1.30. The Morgan fingerprint density at radius 1 is 1.55 bits per heavy atom. The van der Waals surface area contributed by atoms with Crippen LogP contribution in [0.4, 0.5) is 0 Å². The molecule has 0 bridgehead atoms. The number of hydrogen-bond donors (Lipinski definition) is 2. The van der Waals surface area contributed by atoms with E-state index in [0.29, 0.717) is 19.5 Å². The Labute approximate surface area is 67.7 Å². The molecule has 0 aliphatic rings. The quantitative estimate of drug-likeness (QED) is 0.432. The van der Waals surface area contributed by atoms with Gasteiger partial charge in [0.2, 0.25) is 5.91 Å². The highest BCUT2D eigenvalue weighted by Crippen LogP contribution is 1.92. The van der Waals surface area contributed by atoms with E-state index >= 15 is 0 Å². The van der Waals surface area contributed by atoms with E-state index in [2.05, 4.69) is 11.9 Å². The maximum Gasteiger partial charge on any atom is 0.220 e. The maximum absolute atomic E-state index is 10.9. The topological polar surface area (TPSA) is 55.1 Å². The molecule has 0 aromatic carbocycles. The zero-order chi connectivity index (χ0) is 8.53.